The number of carbonyl (C=O) groups excluding carboxylic acids is 2. The number of carboxylic acid groups (broad SMARTS) is 1. The van der Waals surface area contributed by atoms with E-state index in [0.717, 1.165) is 7.11 Å². The molecule has 3 amide bonds. The Hall–Kier alpha value is -1.79. The average Bonchev–Trinajstić information content (AvgIpc) is 2.45. The molecule has 1 atom stereocenters. The first kappa shape index (κ1) is 9.30. The zero-order valence-electron chi connectivity index (χ0n) is 6.81. The third-order valence-corrected chi connectivity index (χ3v) is 1.66. The fraction of sp³-hybridized carbons (Fsp3) is 0.500. The van der Waals surface area contributed by atoms with Crippen LogP contribution in [0.5, 0.6) is 0 Å². The molecule has 0 saturated carbocycles. The SMILES string of the molecule is COC(=O)C1CNC(=O)N1C(=O)O. The number of esters is 1. The van der Waals surface area contributed by atoms with Gasteiger partial charge in [-0.1, -0.05) is 0 Å². The molecule has 1 fully saturated rings. The van der Waals surface area contributed by atoms with Gasteiger partial charge in [-0.25, -0.2) is 19.3 Å². The number of methoxy groups -OCH3 is 1. The van der Waals surface area contributed by atoms with Gasteiger partial charge in [-0.2, -0.15) is 0 Å². The molecule has 0 radical (unpaired) electrons. The minimum atomic E-state index is -1.47. The van der Waals surface area contributed by atoms with Crippen LogP contribution in [0.1, 0.15) is 0 Å². The van der Waals surface area contributed by atoms with E-state index in [2.05, 4.69) is 10.1 Å². The number of imide groups is 1. The number of amides is 3. The van der Waals surface area contributed by atoms with Crippen LogP contribution in [-0.2, 0) is 9.53 Å². The molecule has 0 aromatic heterocycles. The van der Waals surface area contributed by atoms with Crippen LogP contribution in [0, 0.1) is 0 Å². The van der Waals surface area contributed by atoms with Crippen molar-refractivity contribution in [2.45, 2.75) is 6.04 Å². The normalized spacial score (nSPS) is 21.2. The molecule has 7 nitrogen and oxygen atoms in total. The summed E-state index contributed by atoms with van der Waals surface area (Å²) in [7, 11) is 1.13. The summed E-state index contributed by atoms with van der Waals surface area (Å²) in [6, 6.07) is -1.88. The predicted octanol–water partition coefficient (Wildman–Crippen LogP) is -0.769. The molecule has 7 heteroatoms. The molecule has 0 aliphatic carbocycles. The Morgan fingerprint density at radius 2 is 2.31 bits per heavy atom. The fourth-order valence-corrected chi connectivity index (χ4v) is 1.05. The number of hydrogen-bond donors (Lipinski definition) is 2. The quantitative estimate of drug-likeness (QED) is 0.527. The summed E-state index contributed by atoms with van der Waals surface area (Å²) in [6.45, 7) is -0.0438. The summed E-state index contributed by atoms with van der Waals surface area (Å²) in [6.07, 6.45) is -1.47. The summed E-state index contributed by atoms with van der Waals surface area (Å²) in [5, 5.41) is 10.8. The van der Waals surface area contributed by atoms with Crippen molar-refractivity contribution in [3.63, 3.8) is 0 Å². The molecule has 0 aromatic rings. The van der Waals surface area contributed by atoms with Gasteiger partial charge in [-0.15, -0.1) is 0 Å². The molecule has 1 saturated heterocycles. The average molecular weight is 188 g/mol. The van der Waals surface area contributed by atoms with Gasteiger partial charge in [0.1, 0.15) is 0 Å². The van der Waals surface area contributed by atoms with Crippen LogP contribution in [0.2, 0.25) is 0 Å². The Bertz CT molecular complexity index is 264. The minimum absolute atomic E-state index is 0.0438. The van der Waals surface area contributed by atoms with E-state index in [1.807, 2.05) is 0 Å². The Morgan fingerprint density at radius 1 is 1.69 bits per heavy atom. The maximum absolute atomic E-state index is 11.0. The molecule has 2 N–H and O–H groups in total. The third kappa shape index (κ3) is 1.53. The van der Waals surface area contributed by atoms with Crippen molar-refractivity contribution >= 4 is 18.1 Å². The molecule has 1 aliphatic rings. The Kier molecular flexibility index (Phi) is 2.36. The molecule has 72 valence electrons. The highest BCUT2D eigenvalue weighted by Crippen LogP contribution is 2.08. The van der Waals surface area contributed by atoms with Crippen molar-refractivity contribution in [3.8, 4) is 0 Å². The van der Waals surface area contributed by atoms with Gasteiger partial charge >= 0.3 is 18.1 Å². The van der Waals surface area contributed by atoms with Gasteiger partial charge in [0.2, 0.25) is 0 Å². The Morgan fingerprint density at radius 3 is 2.77 bits per heavy atom. The lowest BCUT2D eigenvalue weighted by Crippen LogP contribution is -2.43. The van der Waals surface area contributed by atoms with Crippen LogP contribution in [0.15, 0.2) is 0 Å². The summed E-state index contributed by atoms with van der Waals surface area (Å²) in [5.41, 5.74) is 0. The van der Waals surface area contributed by atoms with E-state index in [0.29, 0.717) is 4.90 Å². The number of rotatable bonds is 1. The smallest absolute Gasteiger partial charge is 0.416 e. The van der Waals surface area contributed by atoms with Crippen LogP contribution in [0.4, 0.5) is 9.59 Å². The third-order valence-electron chi connectivity index (χ3n) is 1.66. The second-order valence-electron chi connectivity index (χ2n) is 2.38. The lowest BCUT2D eigenvalue weighted by Gasteiger charge is -2.14. The van der Waals surface area contributed by atoms with E-state index >= 15 is 0 Å². The number of nitrogens with zero attached hydrogens (tertiary/aromatic N) is 1. The van der Waals surface area contributed by atoms with Gasteiger partial charge in [-0.05, 0) is 0 Å². The van der Waals surface area contributed by atoms with Gasteiger partial charge in [0.05, 0.1) is 13.7 Å². The summed E-state index contributed by atoms with van der Waals surface area (Å²) < 4.78 is 4.33. The topological polar surface area (TPSA) is 95.9 Å². The first-order chi connectivity index (χ1) is 6.07. The van der Waals surface area contributed by atoms with E-state index in [1.165, 1.54) is 0 Å². The van der Waals surface area contributed by atoms with E-state index in [-0.39, 0.29) is 6.54 Å². The first-order valence-electron chi connectivity index (χ1n) is 3.45. The largest absolute Gasteiger partial charge is 0.467 e. The number of ether oxygens (including phenoxy) is 1. The Labute approximate surface area is 73.3 Å². The maximum Gasteiger partial charge on any atom is 0.416 e. The maximum atomic E-state index is 11.0. The lowest BCUT2D eigenvalue weighted by molar-refractivity contribution is -0.144. The number of nitrogens with one attached hydrogen (secondary N) is 1. The number of urea groups is 1. The molecular weight excluding hydrogens is 180 g/mol. The number of hydrogen-bond acceptors (Lipinski definition) is 4. The van der Waals surface area contributed by atoms with Gasteiger partial charge in [-0.3, -0.25) is 0 Å². The lowest BCUT2D eigenvalue weighted by atomic mass is 10.3. The highest BCUT2D eigenvalue weighted by molar-refractivity contribution is 5.98. The molecule has 13 heavy (non-hydrogen) atoms. The zero-order chi connectivity index (χ0) is 10.0. The van der Waals surface area contributed by atoms with Crippen molar-refractivity contribution in [2.75, 3.05) is 13.7 Å². The van der Waals surface area contributed by atoms with Gasteiger partial charge in [0, 0.05) is 0 Å². The highest BCUT2D eigenvalue weighted by Gasteiger charge is 2.41. The molecule has 0 bridgehead atoms. The van der Waals surface area contributed by atoms with E-state index in [9.17, 15) is 14.4 Å². The van der Waals surface area contributed by atoms with Crippen molar-refractivity contribution in [2.24, 2.45) is 0 Å². The fourth-order valence-electron chi connectivity index (χ4n) is 1.05. The highest BCUT2D eigenvalue weighted by atomic mass is 16.5. The summed E-state index contributed by atoms with van der Waals surface area (Å²) in [5.74, 6) is -0.749. The molecule has 1 aliphatic heterocycles. The van der Waals surface area contributed by atoms with Crippen LogP contribution in [-0.4, -0.2) is 47.8 Å². The van der Waals surface area contributed by atoms with Crippen LogP contribution < -0.4 is 5.32 Å². The summed E-state index contributed by atoms with van der Waals surface area (Å²) in [4.78, 5) is 32.7. The van der Waals surface area contributed by atoms with Crippen molar-refractivity contribution in [1.82, 2.24) is 10.2 Å². The van der Waals surface area contributed by atoms with Crippen molar-refractivity contribution in [3.05, 3.63) is 0 Å². The molecule has 1 heterocycles. The van der Waals surface area contributed by atoms with E-state index in [4.69, 9.17) is 5.11 Å². The zero-order valence-corrected chi connectivity index (χ0v) is 6.81. The van der Waals surface area contributed by atoms with Crippen LogP contribution >= 0.6 is 0 Å². The second kappa shape index (κ2) is 3.30. The van der Waals surface area contributed by atoms with Gasteiger partial charge in [0.25, 0.3) is 0 Å². The van der Waals surface area contributed by atoms with Crippen molar-refractivity contribution < 1.29 is 24.2 Å². The standard InChI is InChI=1S/C6H8N2O5/c1-13-4(9)3-2-7-5(10)8(3)6(11)12/h3H,2H2,1H3,(H,7,10)(H,11,12). The minimum Gasteiger partial charge on any atom is -0.467 e. The Balaban J connectivity index is 2.81. The van der Waals surface area contributed by atoms with Crippen LogP contribution in [0.25, 0.3) is 0 Å². The molecule has 1 rings (SSSR count). The van der Waals surface area contributed by atoms with Crippen molar-refractivity contribution in [1.29, 1.82) is 0 Å². The molecular formula is C6H8N2O5. The second-order valence-corrected chi connectivity index (χ2v) is 2.38. The first-order valence-corrected chi connectivity index (χ1v) is 3.45. The van der Waals surface area contributed by atoms with Gasteiger partial charge in [0.15, 0.2) is 6.04 Å². The van der Waals surface area contributed by atoms with E-state index in [1.54, 1.807) is 0 Å². The molecule has 1 unspecified atom stereocenters. The van der Waals surface area contributed by atoms with Crippen LogP contribution in [0.3, 0.4) is 0 Å². The van der Waals surface area contributed by atoms with Gasteiger partial charge < -0.3 is 15.2 Å². The predicted molar refractivity (Wildman–Crippen MR) is 39.1 cm³/mol. The summed E-state index contributed by atoms with van der Waals surface area (Å²) >= 11 is 0. The van der Waals surface area contributed by atoms with E-state index < -0.39 is 24.1 Å². The monoisotopic (exact) mass is 188 g/mol. The molecule has 0 spiro atoms. The number of carbonyl (C=O) groups is 3. The molecule has 0 aromatic carbocycles.